The Kier molecular flexibility index (Phi) is 5.48. The molecule has 2 rings (SSSR count). The van der Waals surface area contributed by atoms with Crippen LogP contribution in [0.1, 0.15) is 39.5 Å². The number of halogens is 1. The lowest BCUT2D eigenvalue weighted by Gasteiger charge is -2.38. The molecule has 1 aromatic rings. The number of nitrogens with two attached hydrogens (primary N) is 1. The number of nitrogens with zero attached hydrogens (tertiary/aromatic N) is 1. The number of anilines is 2. The van der Waals surface area contributed by atoms with Crippen molar-refractivity contribution in [3.05, 3.63) is 23.2 Å². The average molecular weight is 310 g/mol. The van der Waals surface area contributed by atoms with Gasteiger partial charge in [0.2, 0.25) is 5.91 Å². The third-order valence-electron chi connectivity index (χ3n) is 4.24. The van der Waals surface area contributed by atoms with Crippen LogP contribution in [0, 0.1) is 0 Å². The van der Waals surface area contributed by atoms with Crippen molar-refractivity contribution in [2.45, 2.75) is 51.6 Å². The monoisotopic (exact) mass is 309 g/mol. The van der Waals surface area contributed by atoms with Gasteiger partial charge in [-0.25, -0.2) is 0 Å². The quantitative estimate of drug-likeness (QED) is 0.837. The Labute approximate surface area is 131 Å². The molecule has 1 aliphatic rings. The van der Waals surface area contributed by atoms with E-state index < -0.39 is 0 Å². The van der Waals surface area contributed by atoms with Gasteiger partial charge >= 0.3 is 0 Å². The number of hydrogen-bond acceptors (Lipinski definition) is 3. The molecule has 0 aromatic heterocycles. The number of nitrogen functional groups attached to an aromatic ring is 1. The van der Waals surface area contributed by atoms with Crippen molar-refractivity contribution in [1.82, 2.24) is 4.90 Å². The van der Waals surface area contributed by atoms with Crippen molar-refractivity contribution in [3.8, 4) is 0 Å². The van der Waals surface area contributed by atoms with E-state index in [1.165, 1.54) is 19.3 Å². The summed E-state index contributed by atoms with van der Waals surface area (Å²) in [7, 11) is 0. The summed E-state index contributed by atoms with van der Waals surface area (Å²) < 4.78 is 0. The molecule has 0 bridgehead atoms. The van der Waals surface area contributed by atoms with Gasteiger partial charge in [-0.1, -0.05) is 18.0 Å². The second-order valence-electron chi connectivity index (χ2n) is 5.90. The highest BCUT2D eigenvalue weighted by molar-refractivity contribution is 6.34. The van der Waals surface area contributed by atoms with Crippen LogP contribution in [0.4, 0.5) is 11.4 Å². The fourth-order valence-electron chi connectivity index (χ4n) is 2.99. The highest BCUT2D eigenvalue weighted by atomic mass is 35.5. The van der Waals surface area contributed by atoms with Gasteiger partial charge < -0.3 is 11.1 Å². The normalized spacial score (nSPS) is 23.0. The van der Waals surface area contributed by atoms with E-state index in [1.807, 2.05) is 0 Å². The number of carbonyl (C=O) groups excluding carboxylic acids is 1. The van der Waals surface area contributed by atoms with E-state index in [4.69, 9.17) is 17.3 Å². The largest absolute Gasteiger partial charge is 0.399 e. The molecule has 0 radical (unpaired) electrons. The zero-order valence-electron chi connectivity index (χ0n) is 12.7. The molecule has 1 amide bonds. The maximum Gasteiger partial charge on any atom is 0.225 e. The molecule has 5 heteroatoms. The minimum atomic E-state index is -0.00774. The molecule has 0 unspecified atom stereocenters. The highest BCUT2D eigenvalue weighted by Gasteiger charge is 2.24. The van der Waals surface area contributed by atoms with Crippen LogP contribution in [0.25, 0.3) is 0 Å². The maximum atomic E-state index is 12.1. The van der Waals surface area contributed by atoms with Crippen LogP contribution in [0.3, 0.4) is 0 Å². The van der Waals surface area contributed by atoms with Gasteiger partial charge in [-0.05, 0) is 44.9 Å². The summed E-state index contributed by atoms with van der Waals surface area (Å²) in [6.07, 6.45) is 4.20. The van der Waals surface area contributed by atoms with Gasteiger partial charge in [-0.2, -0.15) is 0 Å². The Morgan fingerprint density at radius 1 is 1.38 bits per heavy atom. The van der Waals surface area contributed by atoms with Crippen LogP contribution < -0.4 is 11.1 Å². The number of rotatable bonds is 4. The highest BCUT2D eigenvalue weighted by Crippen LogP contribution is 2.25. The second-order valence-corrected chi connectivity index (χ2v) is 6.31. The van der Waals surface area contributed by atoms with E-state index in [2.05, 4.69) is 24.1 Å². The summed E-state index contributed by atoms with van der Waals surface area (Å²) in [5.74, 6) is -0.00774. The number of amides is 1. The molecule has 116 valence electrons. The Balaban J connectivity index is 1.87. The standard InChI is InChI=1S/C16H24ClN3O/c1-11-4-3-5-12(2)20(11)9-8-16(21)19-15-7-6-13(18)10-14(15)17/h6-7,10-12H,3-5,8-9,18H2,1-2H3,(H,19,21)/t11-,12+. The summed E-state index contributed by atoms with van der Waals surface area (Å²) in [6, 6.07) is 6.23. The maximum absolute atomic E-state index is 12.1. The molecule has 2 atom stereocenters. The van der Waals surface area contributed by atoms with Crippen LogP contribution in [0.15, 0.2) is 18.2 Å². The molecule has 1 heterocycles. The smallest absolute Gasteiger partial charge is 0.225 e. The Morgan fingerprint density at radius 2 is 2.05 bits per heavy atom. The summed E-state index contributed by atoms with van der Waals surface area (Å²) in [4.78, 5) is 14.5. The molecule has 0 saturated carbocycles. The van der Waals surface area contributed by atoms with E-state index in [-0.39, 0.29) is 5.91 Å². The van der Waals surface area contributed by atoms with Crippen molar-refractivity contribution in [2.24, 2.45) is 0 Å². The number of benzene rings is 1. The summed E-state index contributed by atoms with van der Waals surface area (Å²) in [5, 5.41) is 3.33. The van der Waals surface area contributed by atoms with Gasteiger partial charge in [0.05, 0.1) is 10.7 Å². The summed E-state index contributed by atoms with van der Waals surface area (Å²) >= 11 is 6.06. The van der Waals surface area contributed by atoms with Crippen LogP contribution >= 0.6 is 11.6 Å². The molecule has 1 aliphatic heterocycles. The molecule has 1 fully saturated rings. The van der Waals surface area contributed by atoms with Crippen LogP contribution in [-0.2, 0) is 4.79 Å². The van der Waals surface area contributed by atoms with Crippen molar-refractivity contribution in [1.29, 1.82) is 0 Å². The first-order valence-corrected chi connectivity index (χ1v) is 7.96. The number of carbonyl (C=O) groups is 1. The zero-order valence-corrected chi connectivity index (χ0v) is 13.5. The molecule has 3 N–H and O–H groups in total. The first-order chi connectivity index (χ1) is 9.97. The van der Waals surface area contributed by atoms with Gasteiger partial charge in [-0.3, -0.25) is 9.69 Å². The number of piperidine rings is 1. The van der Waals surface area contributed by atoms with Crippen molar-refractivity contribution in [3.63, 3.8) is 0 Å². The van der Waals surface area contributed by atoms with E-state index >= 15 is 0 Å². The summed E-state index contributed by atoms with van der Waals surface area (Å²) in [5.41, 5.74) is 6.85. The lowest BCUT2D eigenvalue weighted by atomic mass is 9.97. The molecular weight excluding hydrogens is 286 g/mol. The van der Waals surface area contributed by atoms with Crippen LogP contribution in [-0.4, -0.2) is 29.4 Å². The average Bonchev–Trinajstić information content (AvgIpc) is 2.41. The molecule has 4 nitrogen and oxygen atoms in total. The Morgan fingerprint density at radius 3 is 2.67 bits per heavy atom. The molecule has 1 aromatic carbocycles. The van der Waals surface area contributed by atoms with Gasteiger partial charge in [0, 0.05) is 30.7 Å². The number of nitrogens with one attached hydrogen (secondary N) is 1. The van der Waals surface area contributed by atoms with E-state index in [9.17, 15) is 4.79 Å². The number of hydrogen-bond donors (Lipinski definition) is 2. The van der Waals surface area contributed by atoms with Crippen molar-refractivity contribution < 1.29 is 4.79 Å². The van der Waals surface area contributed by atoms with Gasteiger partial charge in [0.25, 0.3) is 0 Å². The van der Waals surface area contributed by atoms with Gasteiger partial charge in [0.15, 0.2) is 0 Å². The summed E-state index contributed by atoms with van der Waals surface area (Å²) in [6.45, 7) is 5.27. The lowest BCUT2D eigenvalue weighted by molar-refractivity contribution is -0.116. The third-order valence-corrected chi connectivity index (χ3v) is 4.55. The minimum Gasteiger partial charge on any atom is -0.399 e. The third kappa shape index (κ3) is 4.35. The fraction of sp³-hybridized carbons (Fsp3) is 0.562. The van der Waals surface area contributed by atoms with Gasteiger partial charge in [-0.15, -0.1) is 0 Å². The number of likely N-dealkylation sites (tertiary alicyclic amines) is 1. The van der Waals surface area contributed by atoms with E-state index in [0.717, 1.165) is 6.54 Å². The molecule has 0 spiro atoms. The Bertz CT molecular complexity index is 496. The van der Waals surface area contributed by atoms with E-state index in [0.29, 0.717) is 34.9 Å². The fourth-order valence-corrected chi connectivity index (χ4v) is 3.23. The molecule has 21 heavy (non-hydrogen) atoms. The molecular formula is C16H24ClN3O. The SMILES string of the molecule is C[C@@H]1CCC[C@H](C)N1CCC(=O)Nc1ccc(N)cc1Cl. The van der Waals surface area contributed by atoms with Crippen LogP contribution in [0.2, 0.25) is 5.02 Å². The predicted molar refractivity (Wildman–Crippen MR) is 88.6 cm³/mol. The topological polar surface area (TPSA) is 58.4 Å². The molecule has 1 saturated heterocycles. The van der Waals surface area contributed by atoms with Gasteiger partial charge in [0.1, 0.15) is 0 Å². The zero-order chi connectivity index (χ0) is 15.4. The van der Waals surface area contributed by atoms with Crippen molar-refractivity contribution >= 4 is 28.9 Å². The predicted octanol–water partition coefficient (Wildman–Crippen LogP) is 3.51. The first-order valence-electron chi connectivity index (χ1n) is 7.58. The van der Waals surface area contributed by atoms with E-state index in [1.54, 1.807) is 18.2 Å². The lowest BCUT2D eigenvalue weighted by Crippen LogP contribution is -2.44. The molecule has 0 aliphatic carbocycles. The minimum absolute atomic E-state index is 0.00774. The Hall–Kier alpha value is -1.26. The van der Waals surface area contributed by atoms with Crippen molar-refractivity contribution in [2.75, 3.05) is 17.6 Å². The second kappa shape index (κ2) is 7.14. The first kappa shape index (κ1) is 16.1. The van der Waals surface area contributed by atoms with Crippen LogP contribution in [0.5, 0.6) is 0 Å².